The lowest BCUT2D eigenvalue weighted by atomic mass is 10.1. The lowest BCUT2D eigenvalue weighted by Crippen LogP contribution is -2.02. The molecule has 0 aliphatic heterocycles. The van der Waals surface area contributed by atoms with E-state index in [9.17, 15) is 19.8 Å². The predicted octanol–water partition coefficient (Wildman–Crippen LogP) is 5.28. The van der Waals surface area contributed by atoms with Crippen molar-refractivity contribution in [3.63, 3.8) is 0 Å². The number of rotatable bonds is 4. The Morgan fingerprint density at radius 3 is 2.15 bits per heavy atom. The van der Waals surface area contributed by atoms with Crippen LogP contribution < -0.4 is 0 Å². The first-order valence-corrected chi connectivity index (χ1v) is 11.6. The summed E-state index contributed by atoms with van der Waals surface area (Å²) >= 11 is 3.32. The van der Waals surface area contributed by atoms with Gasteiger partial charge in [-0.25, -0.2) is 14.6 Å². The maximum Gasteiger partial charge on any atom is 0.335 e. The summed E-state index contributed by atoms with van der Waals surface area (Å²) in [5.74, 6) is 4.04. The van der Waals surface area contributed by atoms with Crippen LogP contribution in [0.4, 0.5) is 0 Å². The summed E-state index contributed by atoms with van der Waals surface area (Å²) in [5, 5.41) is 22.1. The highest BCUT2D eigenvalue weighted by atomic mass is 32.2. The highest BCUT2D eigenvalue weighted by molar-refractivity contribution is 7.37. The van der Waals surface area contributed by atoms with Crippen molar-refractivity contribution in [1.82, 2.24) is 15.0 Å². The van der Waals surface area contributed by atoms with Crippen LogP contribution in [0.1, 0.15) is 31.2 Å². The van der Waals surface area contributed by atoms with Crippen molar-refractivity contribution in [1.29, 1.82) is 0 Å². The molecule has 7 nitrogen and oxygen atoms in total. The van der Waals surface area contributed by atoms with Crippen molar-refractivity contribution < 1.29 is 19.8 Å². The van der Waals surface area contributed by atoms with Crippen LogP contribution >= 0.6 is 22.7 Å². The highest BCUT2D eigenvalue weighted by Crippen LogP contribution is 2.30. The third-order valence-electron chi connectivity index (χ3n) is 4.84. The topological polar surface area (TPSA) is 113 Å². The van der Waals surface area contributed by atoms with Crippen LogP contribution in [0.3, 0.4) is 0 Å². The van der Waals surface area contributed by atoms with E-state index < -0.39 is 11.9 Å². The summed E-state index contributed by atoms with van der Waals surface area (Å²) in [6.07, 6.45) is 2.93. The molecule has 0 aliphatic rings. The number of fused-ring (bicyclic) bond motifs is 1. The number of thiophene rings is 2. The van der Waals surface area contributed by atoms with Crippen molar-refractivity contribution in [2.75, 3.05) is 0 Å². The highest BCUT2D eigenvalue weighted by Gasteiger charge is 2.14. The van der Waals surface area contributed by atoms with Crippen molar-refractivity contribution in [3.8, 4) is 34.6 Å². The van der Waals surface area contributed by atoms with E-state index in [-0.39, 0.29) is 22.5 Å². The Morgan fingerprint density at radius 1 is 0.765 bits per heavy atom. The fraction of sp³-hybridized carbons (Fsp3) is 0. The second-order valence-electron chi connectivity index (χ2n) is 7.12. The molecule has 0 saturated heterocycles. The largest absolute Gasteiger partial charge is 0.478 e. The molecule has 5 aromatic heterocycles. The molecule has 5 aromatic rings. The molecule has 0 aliphatic carbocycles. The van der Waals surface area contributed by atoms with Gasteiger partial charge in [-0.15, -0.1) is 22.7 Å². The van der Waals surface area contributed by atoms with Gasteiger partial charge in [0.1, 0.15) is 0 Å². The van der Waals surface area contributed by atoms with E-state index in [1.54, 1.807) is 41.0 Å². The number of aromatic nitrogens is 3. The molecule has 2 N–H and O–H groups in total. The van der Waals surface area contributed by atoms with Crippen molar-refractivity contribution in [2.24, 2.45) is 0 Å². The quantitative estimate of drug-likeness (QED) is 0.334. The molecule has 0 amide bonds. The number of carbonyl (C=O) groups is 2. The summed E-state index contributed by atoms with van der Waals surface area (Å²) in [4.78, 5) is 37.0. The molecule has 0 radical (unpaired) electrons. The standard InChI is InChI=1S/C25H13N3O4S2/c29-23(30)15-4-7-27-20(11-15)22-13-17(24(31)32)12-21(28-22)19-9-14(3-6-26-19)1-2-18-10-16-5-8-33-25(16)34-18/h3-13H,(H,29,30)(H,31,32). The fourth-order valence-electron chi connectivity index (χ4n) is 3.23. The molecular formula is C25H13N3O4S2. The molecule has 9 heteroatoms. The van der Waals surface area contributed by atoms with Gasteiger partial charge in [0, 0.05) is 23.3 Å². The lowest BCUT2D eigenvalue weighted by molar-refractivity contribution is 0.0686. The van der Waals surface area contributed by atoms with Gasteiger partial charge in [-0.3, -0.25) is 9.97 Å². The van der Waals surface area contributed by atoms with Crippen LogP contribution in [0.25, 0.3) is 32.2 Å². The minimum Gasteiger partial charge on any atom is -0.478 e. The molecule has 0 aromatic carbocycles. The van der Waals surface area contributed by atoms with Crippen LogP contribution in [0.2, 0.25) is 0 Å². The van der Waals surface area contributed by atoms with E-state index in [1.807, 2.05) is 11.4 Å². The van der Waals surface area contributed by atoms with Gasteiger partial charge in [-0.05, 0) is 53.9 Å². The van der Waals surface area contributed by atoms with Gasteiger partial charge in [0.15, 0.2) is 0 Å². The number of carboxylic acid groups (broad SMARTS) is 2. The molecule has 0 unspecified atom stereocenters. The van der Waals surface area contributed by atoms with Crippen molar-refractivity contribution >= 4 is 44.0 Å². The molecular weight excluding hydrogens is 470 g/mol. The Balaban J connectivity index is 1.54. The zero-order valence-corrected chi connectivity index (χ0v) is 18.9. The monoisotopic (exact) mass is 483 g/mol. The molecule has 0 atom stereocenters. The molecule has 0 fully saturated rings. The lowest BCUT2D eigenvalue weighted by Gasteiger charge is -2.07. The number of carboxylic acids is 2. The van der Waals surface area contributed by atoms with Crippen LogP contribution in [-0.4, -0.2) is 37.1 Å². The van der Waals surface area contributed by atoms with Gasteiger partial charge in [-0.1, -0.05) is 11.8 Å². The van der Waals surface area contributed by atoms with Crippen LogP contribution in [0.5, 0.6) is 0 Å². The van der Waals surface area contributed by atoms with E-state index in [1.165, 1.54) is 39.9 Å². The number of hydrogen-bond donors (Lipinski definition) is 2. The number of pyridine rings is 3. The Morgan fingerprint density at radius 2 is 1.44 bits per heavy atom. The Kier molecular flexibility index (Phi) is 5.59. The average Bonchev–Trinajstić information content (AvgIpc) is 3.45. The Hall–Kier alpha value is -4.39. The van der Waals surface area contributed by atoms with Crippen molar-refractivity contribution in [2.45, 2.75) is 0 Å². The van der Waals surface area contributed by atoms with Gasteiger partial charge in [0.25, 0.3) is 0 Å². The van der Waals surface area contributed by atoms with Gasteiger partial charge in [0.05, 0.1) is 42.8 Å². The first-order valence-electron chi connectivity index (χ1n) is 9.87. The third-order valence-corrected chi connectivity index (χ3v) is 6.96. The van der Waals surface area contributed by atoms with Gasteiger partial charge < -0.3 is 10.2 Å². The molecule has 0 bridgehead atoms. The van der Waals surface area contributed by atoms with Gasteiger partial charge in [0.2, 0.25) is 0 Å². The molecule has 0 saturated carbocycles. The molecule has 5 heterocycles. The number of nitrogens with zero attached hydrogens (tertiary/aromatic N) is 3. The SMILES string of the molecule is O=C(O)c1ccnc(-c2cc(C(=O)O)cc(-c3cc(C#Cc4cc5ccsc5s4)ccn3)n2)c1. The summed E-state index contributed by atoms with van der Waals surface area (Å²) in [5.41, 5.74) is 1.96. The van der Waals surface area contributed by atoms with Crippen molar-refractivity contribution in [3.05, 3.63) is 87.9 Å². The van der Waals surface area contributed by atoms with E-state index >= 15 is 0 Å². The Bertz CT molecular complexity index is 1610. The third kappa shape index (κ3) is 4.41. The molecule has 5 rings (SSSR count). The second kappa shape index (κ2) is 8.86. The van der Waals surface area contributed by atoms with Crippen LogP contribution in [0.15, 0.2) is 66.3 Å². The predicted molar refractivity (Wildman–Crippen MR) is 130 cm³/mol. The zero-order chi connectivity index (χ0) is 23.7. The smallest absolute Gasteiger partial charge is 0.335 e. The zero-order valence-electron chi connectivity index (χ0n) is 17.2. The maximum atomic E-state index is 11.7. The minimum atomic E-state index is -1.15. The molecule has 0 spiro atoms. The summed E-state index contributed by atoms with van der Waals surface area (Å²) in [6, 6.07) is 13.1. The average molecular weight is 484 g/mol. The fourth-order valence-corrected chi connectivity index (χ4v) is 5.19. The van der Waals surface area contributed by atoms with Gasteiger partial charge >= 0.3 is 11.9 Å². The van der Waals surface area contributed by atoms with Crippen LogP contribution in [0, 0.1) is 11.8 Å². The van der Waals surface area contributed by atoms with E-state index in [4.69, 9.17) is 0 Å². The van der Waals surface area contributed by atoms with Gasteiger partial charge in [-0.2, -0.15) is 0 Å². The number of hydrogen-bond acceptors (Lipinski definition) is 7. The maximum absolute atomic E-state index is 11.7. The normalized spacial score (nSPS) is 10.6. The first-order chi connectivity index (χ1) is 16.5. The molecule has 34 heavy (non-hydrogen) atoms. The van der Waals surface area contributed by atoms with Crippen LogP contribution in [-0.2, 0) is 0 Å². The number of aromatic carboxylic acids is 2. The molecule has 164 valence electrons. The summed E-state index contributed by atoms with van der Waals surface area (Å²) in [7, 11) is 0. The van der Waals surface area contributed by atoms with E-state index in [0.717, 1.165) is 4.88 Å². The second-order valence-corrected chi connectivity index (χ2v) is 9.35. The summed E-state index contributed by atoms with van der Waals surface area (Å²) in [6.45, 7) is 0. The Labute approximate surface area is 201 Å². The van der Waals surface area contributed by atoms with E-state index in [2.05, 4.69) is 32.9 Å². The summed E-state index contributed by atoms with van der Waals surface area (Å²) < 4.78 is 1.22. The van der Waals surface area contributed by atoms with E-state index in [0.29, 0.717) is 17.0 Å². The minimum absolute atomic E-state index is 0.0144. The first kappa shape index (κ1) is 21.5.